The number of benzene rings is 3. The lowest BCUT2D eigenvalue weighted by atomic mass is 10.1. The van der Waals surface area contributed by atoms with Crippen molar-refractivity contribution in [2.45, 2.75) is 13.2 Å². The summed E-state index contributed by atoms with van der Waals surface area (Å²) < 4.78 is 11.2. The molecular weight excluding hydrogens is 362 g/mol. The van der Waals surface area contributed by atoms with Crippen molar-refractivity contribution >= 4 is 17.5 Å². The Balaban J connectivity index is 1.68. The predicted octanol–water partition coefficient (Wildman–Crippen LogP) is 4.86. The number of amides is 1. The van der Waals surface area contributed by atoms with Gasteiger partial charge >= 0.3 is 0 Å². The summed E-state index contributed by atoms with van der Waals surface area (Å²) in [7, 11) is 1.59. The number of ether oxygens (including phenoxy) is 2. The third-order valence-corrected chi connectivity index (χ3v) is 4.30. The van der Waals surface area contributed by atoms with Gasteiger partial charge in [-0.05, 0) is 48.0 Å². The van der Waals surface area contributed by atoms with E-state index in [-0.39, 0.29) is 12.5 Å². The molecule has 0 radical (unpaired) electrons. The molecule has 3 rings (SSSR count). The molecule has 27 heavy (non-hydrogen) atoms. The highest BCUT2D eigenvalue weighted by Gasteiger charge is 2.11. The first-order chi connectivity index (χ1) is 13.2. The summed E-state index contributed by atoms with van der Waals surface area (Å²) >= 11 is 5.89. The van der Waals surface area contributed by atoms with E-state index in [2.05, 4.69) is 5.32 Å². The van der Waals surface area contributed by atoms with E-state index in [9.17, 15) is 4.79 Å². The second kappa shape index (κ2) is 9.10. The van der Waals surface area contributed by atoms with Crippen LogP contribution >= 0.6 is 11.6 Å². The van der Waals surface area contributed by atoms with Crippen molar-refractivity contribution in [1.29, 1.82) is 0 Å². The van der Waals surface area contributed by atoms with Crippen LogP contribution in [0.2, 0.25) is 5.02 Å². The Hall–Kier alpha value is -2.98. The quantitative estimate of drug-likeness (QED) is 0.636. The Labute approximate surface area is 163 Å². The van der Waals surface area contributed by atoms with Crippen molar-refractivity contribution in [1.82, 2.24) is 5.32 Å². The van der Waals surface area contributed by atoms with Crippen LogP contribution in [-0.4, -0.2) is 13.0 Å². The van der Waals surface area contributed by atoms with Crippen molar-refractivity contribution in [3.05, 3.63) is 94.5 Å². The van der Waals surface area contributed by atoms with E-state index in [1.54, 1.807) is 49.6 Å². The fourth-order valence-electron chi connectivity index (χ4n) is 2.60. The smallest absolute Gasteiger partial charge is 0.251 e. The largest absolute Gasteiger partial charge is 0.496 e. The topological polar surface area (TPSA) is 47.6 Å². The number of nitrogens with one attached hydrogen (secondary N) is 1. The van der Waals surface area contributed by atoms with Gasteiger partial charge in [-0.25, -0.2) is 0 Å². The Morgan fingerprint density at radius 2 is 1.74 bits per heavy atom. The second-order valence-electron chi connectivity index (χ2n) is 5.94. The standard InChI is InChI=1S/C22H20ClNO3/c1-26-21-12-7-17(22(25)24-14-16-5-3-2-4-6-16)13-18(21)15-27-20-10-8-19(23)9-11-20/h2-13H,14-15H2,1H3,(H,24,25). The number of methoxy groups -OCH3 is 1. The molecule has 0 aliphatic rings. The number of halogens is 1. The van der Waals surface area contributed by atoms with Crippen molar-refractivity contribution in [3.63, 3.8) is 0 Å². The minimum atomic E-state index is -0.144. The van der Waals surface area contributed by atoms with Gasteiger partial charge in [0.05, 0.1) is 7.11 Å². The molecule has 0 heterocycles. The SMILES string of the molecule is COc1ccc(C(=O)NCc2ccccc2)cc1COc1ccc(Cl)cc1. The van der Waals surface area contributed by atoms with Crippen LogP contribution in [0, 0.1) is 0 Å². The monoisotopic (exact) mass is 381 g/mol. The van der Waals surface area contributed by atoms with Crippen LogP contribution in [-0.2, 0) is 13.2 Å². The average Bonchev–Trinajstić information content (AvgIpc) is 2.72. The Kier molecular flexibility index (Phi) is 6.34. The Bertz CT molecular complexity index is 895. The van der Waals surface area contributed by atoms with Crippen molar-refractivity contribution in [3.8, 4) is 11.5 Å². The molecule has 0 saturated heterocycles. The zero-order chi connectivity index (χ0) is 19.1. The van der Waals surface area contributed by atoms with Crippen LogP contribution < -0.4 is 14.8 Å². The van der Waals surface area contributed by atoms with Crippen molar-refractivity contribution in [2.75, 3.05) is 7.11 Å². The molecule has 0 bridgehead atoms. The van der Waals surface area contributed by atoms with Gasteiger partial charge in [0, 0.05) is 22.7 Å². The van der Waals surface area contributed by atoms with Gasteiger partial charge in [-0.2, -0.15) is 0 Å². The van der Waals surface area contributed by atoms with Gasteiger partial charge < -0.3 is 14.8 Å². The molecule has 0 atom stereocenters. The Morgan fingerprint density at radius 1 is 1.00 bits per heavy atom. The summed E-state index contributed by atoms with van der Waals surface area (Å²) in [4.78, 5) is 12.5. The zero-order valence-electron chi connectivity index (χ0n) is 14.9. The highest BCUT2D eigenvalue weighted by atomic mass is 35.5. The molecule has 0 aliphatic carbocycles. The van der Waals surface area contributed by atoms with Gasteiger partial charge in [-0.15, -0.1) is 0 Å². The molecule has 1 N–H and O–H groups in total. The van der Waals surface area contributed by atoms with E-state index < -0.39 is 0 Å². The maximum Gasteiger partial charge on any atom is 0.251 e. The number of rotatable bonds is 7. The lowest BCUT2D eigenvalue weighted by molar-refractivity contribution is 0.0950. The molecule has 0 spiro atoms. The van der Waals surface area contributed by atoms with Crippen LogP contribution in [0.25, 0.3) is 0 Å². The summed E-state index contributed by atoms with van der Waals surface area (Å²) in [6.45, 7) is 0.757. The van der Waals surface area contributed by atoms with Crippen molar-refractivity contribution < 1.29 is 14.3 Å². The van der Waals surface area contributed by atoms with Gasteiger partial charge in [-0.1, -0.05) is 41.9 Å². The first-order valence-electron chi connectivity index (χ1n) is 8.53. The van der Waals surface area contributed by atoms with Gasteiger partial charge in [0.2, 0.25) is 0 Å². The molecule has 4 nitrogen and oxygen atoms in total. The third kappa shape index (κ3) is 5.25. The van der Waals surface area contributed by atoms with Crippen LogP contribution in [0.1, 0.15) is 21.5 Å². The number of carbonyl (C=O) groups is 1. The molecule has 0 saturated carbocycles. The van der Waals surface area contributed by atoms with E-state index in [0.29, 0.717) is 28.6 Å². The summed E-state index contributed by atoms with van der Waals surface area (Å²) in [5.74, 6) is 1.22. The molecule has 3 aromatic carbocycles. The molecule has 138 valence electrons. The molecule has 3 aromatic rings. The lowest BCUT2D eigenvalue weighted by Crippen LogP contribution is -2.23. The molecule has 0 aliphatic heterocycles. The number of carbonyl (C=O) groups excluding carboxylic acids is 1. The fraction of sp³-hybridized carbons (Fsp3) is 0.136. The molecule has 5 heteroatoms. The Morgan fingerprint density at radius 3 is 2.44 bits per heavy atom. The lowest BCUT2D eigenvalue weighted by Gasteiger charge is -2.12. The molecule has 0 unspecified atom stereocenters. The molecular formula is C22H20ClNO3. The fourth-order valence-corrected chi connectivity index (χ4v) is 2.73. The third-order valence-electron chi connectivity index (χ3n) is 4.05. The first-order valence-corrected chi connectivity index (χ1v) is 8.91. The van der Waals surface area contributed by atoms with E-state index in [1.165, 1.54) is 0 Å². The minimum absolute atomic E-state index is 0.144. The van der Waals surface area contributed by atoms with E-state index in [4.69, 9.17) is 21.1 Å². The maximum atomic E-state index is 12.5. The van der Waals surface area contributed by atoms with E-state index >= 15 is 0 Å². The predicted molar refractivity (Wildman–Crippen MR) is 106 cm³/mol. The summed E-state index contributed by atoms with van der Waals surface area (Å²) in [6, 6.07) is 22.2. The van der Waals surface area contributed by atoms with Gasteiger partial charge in [0.25, 0.3) is 5.91 Å². The first kappa shape index (κ1) is 18.8. The van der Waals surface area contributed by atoms with Crippen LogP contribution in [0.3, 0.4) is 0 Å². The normalized spacial score (nSPS) is 10.3. The van der Waals surface area contributed by atoms with E-state index in [0.717, 1.165) is 11.1 Å². The zero-order valence-corrected chi connectivity index (χ0v) is 15.7. The highest BCUT2D eigenvalue weighted by molar-refractivity contribution is 6.30. The second-order valence-corrected chi connectivity index (χ2v) is 6.37. The minimum Gasteiger partial charge on any atom is -0.496 e. The van der Waals surface area contributed by atoms with Gasteiger partial charge in [0.15, 0.2) is 0 Å². The average molecular weight is 382 g/mol. The maximum absolute atomic E-state index is 12.5. The van der Waals surface area contributed by atoms with Crippen molar-refractivity contribution in [2.24, 2.45) is 0 Å². The summed E-state index contributed by atoms with van der Waals surface area (Å²) in [6.07, 6.45) is 0. The van der Waals surface area contributed by atoms with Crippen LogP contribution in [0.5, 0.6) is 11.5 Å². The van der Waals surface area contributed by atoms with Crippen LogP contribution in [0.4, 0.5) is 0 Å². The highest BCUT2D eigenvalue weighted by Crippen LogP contribution is 2.23. The molecule has 1 amide bonds. The molecule has 0 aromatic heterocycles. The number of hydrogen-bond acceptors (Lipinski definition) is 3. The summed E-state index contributed by atoms with van der Waals surface area (Å²) in [5, 5.41) is 3.57. The number of hydrogen-bond donors (Lipinski definition) is 1. The van der Waals surface area contributed by atoms with Gasteiger partial charge in [0.1, 0.15) is 18.1 Å². The van der Waals surface area contributed by atoms with E-state index in [1.807, 2.05) is 30.3 Å². The summed E-state index contributed by atoms with van der Waals surface area (Å²) in [5.41, 5.74) is 2.40. The van der Waals surface area contributed by atoms with Crippen LogP contribution in [0.15, 0.2) is 72.8 Å². The van der Waals surface area contributed by atoms with Gasteiger partial charge in [-0.3, -0.25) is 4.79 Å². The molecule has 0 fully saturated rings.